The van der Waals surface area contributed by atoms with Gasteiger partial charge >= 0.3 is 0 Å². The Hall–Kier alpha value is -3.61. The van der Waals surface area contributed by atoms with Gasteiger partial charge in [0, 0.05) is 67.0 Å². The fraction of sp³-hybridized carbons (Fsp3) is 0.406. The summed E-state index contributed by atoms with van der Waals surface area (Å²) in [5, 5.41) is 8.03. The first kappa shape index (κ1) is 25.7. The minimum Gasteiger partial charge on any atom is -0.374 e. The van der Waals surface area contributed by atoms with E-state index in [1.165, 1.54) is 43.4 Å². The lowest BCUT2D eigenvalue weighted by molar-refractivity contribution is 0.197. The molecule has 0 unspecified atom stereocenters. The van der Waals surface area contributed by atoms with Crippen molar-refractivity contribution in [3.05, 3.63) is 95.7 Å². The molecule has 0 atom stereocenters. The fourth-order valence-electron chi connectivity index (χ4n) is 6.81. The molecule has 0 bridgehead atoms. The van der Waals surface area contributed by atoms with Crippen LogP contribution in [0.3, 0.4) is 0 Å². The molecule has 1 aliphatic carbocycles. The number of rotatable bonds is 7. The quantitative estimate of drug-likeness (QED) is 0.328. The maximum atomic E-state index is 6.28. The number of pyridine rings is 1. The highest BCUT2D eigenvalue weighted by atomic mass is 15.3. The number of aromatic nitrogens is 4. The van der Waals surface area contributed by atoms with E-state index in [2.05, 4.69) is 75.8 Å². The summed E-state index contributed by atoms with van der Waals surface area (Å²) in [5.74, 6) is 1.30. The van der Waals surface area contributed by atoms with E-state index in [1.54, 1.807) is 12.4 Å². The largest absolute Gasteiger partial charge is 0.374 e. The minimum atomic E-state index is 0.133. The molecule has 198 valence electrons. The third kappa shape index (κ3) is 5.07. The van der Waals surface area contributed by atoms with Crippen LogP contribution in [0, 0.1) is 0 Å². The minimum absolute atomic E-state index is 0.133. The summed E-state index contributed by atoms with van der Waals surface area (Å²) in [6.07, 6.45) is 16.3. The highest BCUT2D eigenvalue weighted by molar-refractivity contribution is 6.36. The number of hydrogen-bond donors (Lipinski definition) is 1. The molecule has 1 aliphatic heterocycles. The van der Waals surface area contributed by atoms with E-state index < -0.39 is 0 Å². The van der Waals surface area contributed by atoms with Crippen LogP contribution in [-0.4, -0.2) is 45.4 Å². The van der Waals surface area contributed by atoms with Crippen molar-refractivity contribution < 1.29 is 0 Å². The zero-order valence-corrected chi connectivity index (χ0v) is 22.9. The smallest absolute Gasteiger partial charge is 0.150 e. The summed E-state index contributed by atoms with van der Waals surface area (Å²) >= 11 is 0. The summed E-state index contributed by atoms with van der Waals surface area (Å²) in [6.45, 7) is 4.98. The number of nitrogens with one attached hydrogen (secondary N) is 1. The summed E-state index contributed by atoms with van der Waals surface area (Å²) in [7, 11) is 6.28. The Kier molecular flexibility index (Phi) is 7.40. The SMILES string of the molecule is [B]c1cnn2c(NCc3cccnc3)cc(C3CCN(/C(=C/C)C4(c5ccccc5)CCCCC4)CC3)nc12. The van der Waals surface area contributed by atoms with Crippen molar-refractivity contribution in [1.82, 2.24) is 24.5 Å². The van der Waals surface area contributed by atoms with Crippen molar-refractivity contribution >= 4 is 24.8 Å². The van der Waals surface area contributed by atoms with Crippen molar-refractivity contribution in [2.24, 2.45) is 0 Å². The molecular formula is C32H37BN6. The van der Waals surface area contributed by atoms with Gasteiger partial charge < -0.3 is 10.2 Å². The number of anilines is 1. The molecule has 1 aromatic carbocycles. The van der Waals surface area contributed by atoms with Gasteiger partial charge in [-0.3, -0.25) is 4.98 Å². The van der Waals surface area contributed by atoms with Gasteiger partial charge in [-0.25, -0.2) is 4.98 Å². The van der Waals surface area contributed by atoms with Crippen LogP contribution in [0.2, 0.25) is 0 Å². The fourth-order valence-corrected chi connectivity index (χ4v) is 6.81. The lowest BCUT2D eigenvalue weighted by Crippen LogP contribution is -2.43. The molecule has 1 saturated carbocycles. The van der Waals surface area contributed by atoms with Gasteiger partial charge in [-0.2, -0.15) is 9.61 Å². The van der Waals surface area contributed by atoms with Gasteiger partial charge in [-0.15, -0.1) is 0 Å². The average Bonchev–Trinajstić information content (AvgIpc) is 3.38. The molecule has 1 saturated heterocycles. The van der Waals surface area contributed by atoms with E-state index in [4.69, 9.17) is 12.8 Å². The van der Waals surface area contributed by atoms with E-state index >= 15 is 0 Å². The number of piperidine rings is 1. The number of benzene rings is 1. The molecule has 39 heavy (non-hydrogen) atoms. The van der Waals surface area contributed by atoms with Gasteiger partial charge in [-0.1, -0.05) is 61.7 Å². The Bertz CT molecular complexity index is 1420. The van der Waals surface area contributed by atoms with Gasteiger partial charge in [0.05, 0.1) is 0 Å². The molecule has 4 heterocycles. The third-order valence-electron chi connectivity index (χ3n) is 8.77. The van der Waals surface area contributed by atoms with Crippen LogP contribution in [0.1, 0.15) is 74.6 Å². The second kappa shape index (κ2) is 11.2. The van der Waals surface area contributed by atoms with Crippen LogP contribution in [0.15, 0.2) is 78.9 Å². The first-order valence-electron chi connectivity index (χ1n) is 14.4. The van der Waals surface area contributed by atoms with Crippen LogP contribution in [-0.2, 0) is 12.0 Å². The van der Waals surface area contributed by atoms with Gasteiger partial charge in [0.1, 0.15) is 19.3 Å². The Morgan fingerprint density at radius 1 is 1.05 bits per heavy atom. The average molecular weight is 517 g/mol. The number of fused-ring (bicyclic) bond motifs is 1. The standard InChI is InChI=1S/C32H37BN6/c1-2-29(32(15-7-4-8-16-32)26-11-5-3-6-12-26)38-18-13-25(14-19-38)28-20-30(35-22-24-10-9-17-34-21-24)39-31(37-28)27(33)23-36-39/h2-3,5-6,9-12,17,20-21,23,25,35H,4,7-8,13-16,18-19,22H2,1H3/b29-2+. The van der Waals surface area contributed by atoms with E-state index in [9.17, 15) is 0 Å². The summed E-state index contributed by atoms with van der Waals surface area (Å²) in [5.41, 5.74) is 6.68. The molecule has 2 fully saturated rings. The molecule has 6 rings (SSSR count). The Morgan fingerprint density at radius 3 is 2.56 bits per heavy atom. The molecule has 0 spiro atoms. The van der Waals surface area contributed by atoms with Gasteiger partial charge in [0.2, 0.25) is 0 Å². The van der Waals surface area contributed by atoms with Crippen molar-refractivity contribution in [2.75, 3.05) is 18.4 Å². The first-order chi connectivity index (χ1) is 19.2. The van der Waals surface area contributed by atoms with Crippen LogP contribution < -0.4 is 10.8 Å². The Morgan fingerprint density at radius 2 is 1.85 bits per heavy atom. The zero-order valence-electron chi connectivity index (χ0n) is 22.9. The zero-order chi connectivity index (χ0) is 26.7. The van der Waals surface area contributed by atoms with Crippen LogP contribution >= 0.6 is 0 Å². The molecule has 0 amide bonds. The predicted octanol–water partition coefficient (Wildman–Crippen LogP) is 5.52. The van der Waals surface area contributed by atoms with Crippen molar-refractivity contribution in [3.8, 4) is 0 Å². The van der Waals surface area contributed by atoms with Gasteiger partial charge in [-0.05, 0) is 55.3 Å². The lowest BCUT2D eigenvalue weighted by atomic mass is 9.66. The molecular weight excluding hydrogens is 479 g/mol. The lowest BCUT2D eigenvalue weighted by Gasteiger charge is -2.47. The number of hydrogen-bond acceptors (Lipinski definition) is 5. The maximum Gasteiger partial charge on any atom is 0.150 e. The first-order valence-corrected chi connectivity index (χ1v) is 14.4. The number of nitrogens with zero attached hydrogens (tertiary/aromatic N) is 5. The van der Waals surface area contributed by atoms with E-state index in [1.807, 2.05) is 16.8 Å². The highest BCUT2D eigenvalue weighted by Gasteiger charge is 2.40. The second-order valence-corrected chi connectivity index (χ2v) is 11.1. The number of allylic oxidation sites excluding steroid dienone is 2. The van der Waals surface area contributed by atoms with Gasteiger partial charge in [0.25, 0.3) is 0 Å². The van der Waals surface area contributed by atoms with Crippen molar-refractivity contribution in [2.45, 2.75) is 69.7 Å². The topological polar surface area (TPSA) is 58.4 Å². The Labute approximate surface area is 233 Å². The van der Waals surface area contributed by atoms with Crippen LogP contribution in [0.25, 0.3) is 5.65 Å². The van der Waals surface area contributed by atoms with Crippen LogP contribution in [0.5, 0.6) is 0 Å². The predicted molar refractivity (Wildman–Crippen MR) is 158 cm³/mol. The van der Waals surface area contributed by atoms with Gasteiger partial charge in [0.15, 0.2) is 0 Å². The maximum absolute atomic E-state index is 6.28. The molecule has 1 N–H and O–H groups in total. The normalized spacial score (nSPS) is 18.4. The molecule has 7 heteroatoms. The van der Waals surface area contributed by atoms with Crippen molar-refractivity contribution in [1.29, 1.82) is 0 Å². The molecule has 2 radical (unpaired) electrons. The Balaban J connectivity index is 1.22. The van der Waals surface area contributed by atoms with Crippen LogP contribution in [0.4, 0.5) is 5.82 Å². The van der Waals surface area contributed by atoms with E-state index in [0.717, 1.165) is 48.7 Å². The monoisotopic (exact) mass is 516 g/mol. The van der Waals surface area contributed by atoms with E-state index in [-0.39, 0.29) is 5.41 Å². The third-order valence-corrected chi connectivity index (χ3v) is 8.77. The van der Waals surface area contributed by atoms with Crippen molar-refractivity contribution in [3.63, 3.8) is 0 Å². The summed E-state index contributed by atoms with van der Waals surface area (Å²) in [4.78, 5) is 11.9. The molecule has 4 aromatic rings. The number of likely N-dealkylation sites (tertiary alicyclic amines) is 1. The molecule has 3 aromatic heterocycles. The highest BCUT2D eigenvalue weighted by Crippen LogP contribution is 2.47. The summed E-state index contributed by atoms with van der Waals surface area (Å²) in [6, 6.07) is 17.4. The van der Waals surface area contributed by atoms with E-state index in [0.29, 0.717) is 17.9 Å². The second-order valence-electron chi connectivity index (χ2n) is 11.1. The summed E-state index contributed by atoms with van der Waals surface area (Å²) < 4.78 is 1.81. The molecule has 2 aliphatic rings. The molecule has 6 nitrogen and oxygen atoms in total.